The smallest absolute Gasteiger partial charge is 0.237 e. The Bertz CT molecular complexity index is 535. The second kappa shape index (κ2) is 8.58. The average Bonchev–Trinajstić information content (AvgIpc) is 2.60. The zero-order valence-electron chi connectivity index (χ0n) is 14.9. The molecule has 1 N–H and O–H groups in total. The summed E-state index contributed by atoms with van der Waals surface area (Å²) in [6.07, 6.45) is 3.44. The van der Waals surface area contributed by atoms with Crippen molar-refractivity contribution in [2.24, 2.45) is 0 Å². The van der Waals surface area contributed by atoms with Crippen LogP contribution in [-0.2, 0) is 4.79 Å². The van der Waals surface area contributed by atoms with Crippen molar-refractivity contribution in [1.82, 2.24) is 9.80 Å². The monoisotopic (exact) mass is 336 g/mol. The molecule has 3 atom stereocenters. The summed E-state index contributed by atoms with van der Waals surface area (Å²) >= 11 is 0. The number of benzene rings is 1. The summed E-state index contributed by atoms with van der Waals surface area (Å²) in [5.74, 6) is -0.244. The molecule has 2 rings (SSSR count). The largest absolute Gasteiger partial charge is 0.392 e. The van der Waals surface area contributed by atoms with Crippen LogP contribution in [0.4, 0.5) is 4.39 Å². The molecule has 0 radical (unpaired) electrons. The van der Waals surface area contributed by atoms with Crippen molar-refractivity contribution < 1.29 is 14.3 Å². The topological polar surface area (TPSA) is 43.8 Å². The van der Waals surface area contributed by atoms with Crippen molar-refractivity contribution in [1.29, 1.82) is 0 Å². The Morgan fingerprint density at radius 3 is 2.67 bits per heavy atom. The standard InChI is InChI=1S/C19H29FN2O2/c1-4-18(23)17-7-5-6-12-22(17)13-19(24)21(3)14(2)15-8-10-16(20)11-9-15/h8-11,14,17-18,23H,4-7,12-13H2,1-3H3. The zero-order chi connectivity index (χ0) is 17.7. The molecule has 134 valence electrons. The molecule has 5 heteroatoms. The van der Waals surface area contributed by atoms with E-state index in [1.165, 1.54) is 12.1 Å². The normalized spacial score (nSPS) is 21.3. The van der Waals surface area contributed by atoms with Gasteiger partial charge in [0.2, 0.25) is 5.91 Å². The molecule has 1 amide bonds. The lowest BCUT2D eigenvalue weighted by Crippen LogP contribution is -2.50. The molecule has 1 fully saturated rings. The Morgan fingerprint density at radius 1 is 1.38 bits per heavy atom. The lowest BCUT2D eigenvalue weighted by atomic mass is 9.96. The molecule has 1 heterocycles. The molecule has 4 nitrogen and oxygen atoms in total. The molecule has 1 aromatic rings. The number of piperidine rings is 1. The minimum Gasteiger partial charge on any atom is -0.392 e. The molecule has 0 spiro atoms. The van der Waals surface area contributed by atoms with E-state index in [-0.39, 0.29) is 29.9 Å². The second-order valence-electron chi connectivity index (χ2n) is 6.74. The van der Waals surface area contributed by atoms with Gasteiger partial charge in [0.05, 0.1) is 18.7 Å². The lowest BCUT2D eigenvalue weighted by molar-refractivity contribution is -0.134. The van der Waals surface area contributed by atoms with Crippen LogP contribution >= 0.6 is 0 Å². The summed E-state index contributed by atoms with van der Waals surface area (Å²) < 4.78 is 13.1. The fourth-order valence-corrected chi connectivity index (χ4v) is 3.39. The first kappa shape index (κ1) is 18.9. The number of aliphatic hydroxyl groups excluding tert-OH is 1. The maximum absolute atomic E-state index is 13.1. The zero-order valence-corrected chi connectivity index (χ0v) is 14.9. The molecule has 0 bridgehead atoms. The number of aliphatic hydroxyl groups is 1. The van der Waals surface area contributed by atoms with Crippen LogP contribution in [0, 0.1) is 5.82 Å². The van der Waals surface area contributed by atoms with Gasteiger partial charge in [-0.3, -0.25) is 9.69 Å². The fourth-order valence-electron chi connectivity index (χ4n) is 3.39. The number of hydrogen-bond acceptors (Lipinski definition) is 3. The van der Waals surface area contributed by atoms with E-state index < -0.39 is 0 Å². The van der Waals surface area contributed by atoms with Crippen LogP contribution in [0.5, 0.6) is 0 Å². The van der Waals surface area contributed by atoms with Gasteiger partial charge in [-0.1, -0.05) is 25.5 Å². The maximum atomic E-state index is 13.1. The molecule has 1 aliphatic rings. The third-order valence-electron chi connectivity index (χ3n) is 5.19. The number of rotatable bonds is 6. The van der Waals surface area contributed by atoms with Gasteiger partial charge < -0.3 is 10.0 Å². The van der Waals surface area contributed by atoms with Crippen molar-refractivity contribution in [2.45, 2.75) is 57.7 Å². The number of halogens is 1. The molecule has 1 aliphatic heterocycles. The highest BCUT2D eigenvalue weighted by Gasteiger charge is 2.30. The van der Waals surface area contributed by atoms with Gasteiger partial charge in [-0.25, -0.2) is 4.39 Å². The van der Waals surface area contributed by atoms with Gasteiger partial charge >= 0.3 is 0 Å². The number of nitrogens with zero attached hydrogens (tertiary/aromatic N) is 2. The van der Waals surface area contributed by atoms with Gasteiger partial charge in [-0.05, 0) is 50.4 Å². The second-order valence-corrected chi connectivity index (χ2v) is 6.74. The number of hydrogen-bond donors (Lipinski definition) is 1. The SMILES string of the molecule is CCC(O)C1CCCCN1CC(=O)N(C)C(C)c1ccc(F)cc1. The van der Waals surface area contributed by atoms with Gasteiger partial charge in [0.1, 0.15) is 5.82 Å². The number of likely N-dealkylation sites (N-methyl/N-ethyl adjacent to an activating group) is 1. The number of carbonyl (C=O) groups excluding carboxylic acids is 1. The Morgan fingerprint density at radius 2 is 2.04 bits per heavy atom. The van der Waals surface area contributed by atoms with E-state index in [1.807, 2.05) is 13.8 Å². The van der Waals surface area contributed by atoms with Crippen molar-refractivity contribution in [2.75, 3.05) is 20.1 Å². The molecule has 24 heavy (non-hydrogen) atoms. The highest BCUT2D eigenvalue weighted by atomic mass is 19.1. The van der Waals surface area contributed by atoms with Gasteiger partial charge in [-0.15, -0.1) is 0 Å². The molecule has 0 aromatic heterocycles. The molecule has 1 saturated heterocycles. The highest BCUT2D eigenvalue weighted by molar-refractivity contribution is 5.78. The maximum Gasteiger partial charge on any atom is 0.237 e. The first-order valence-electron chi connectivity index (χ1n) is 8.87. The lowest BCUT2D eigenvalue weighted by Gasteiger charge is -2.39. The van der Waals surface area contributed by atoms with E-state index in [0.717, 1.165) is 31.4 Å². The van der Waals surface area contributed by atoms with E-state index in [9.17, 15) is 14.3 Å². The summed E-state index contributed by atoms with van der Waals surface area (Å²) in [6, 6.07) is 6.23. The van der Waals surface area contributed by atoms with E-state index in [1.54, 1.807) is 24.1 Å². The summed E-state index contributed by atoms with van der Waals surface area (Å²) in [6.45, 7) is 5.09. The van der Waals surface area contributed by atoms with Crippen molar-refractivity contribution in [3.05, 3.63) is 35.6 Å². The molecule has 0 saturated carbocycles. The fraction of sp³-hybridized carbons (Fsp3) is 0.632. The van der Waals surface area contributed by atoms with Crippen molar-refractivity contribution >= 4 is 5.91 Å². The van der Waals surface area contributed by atoms with E-state index in [4.69, 9.17) is 0 Å². The van der Waals surface area contributed by atoms with E-state index in [0.29, 0.717) is 13.0 Å². The minimum absolute atomic E-state index is 0.0297. The molecular weight excluding hydrogens is 307 g/mol. The van der Waals surface area contributed by atoms with Gasteiger partial charge in [0, 0.05) is 13.1 Å². The third kappa shape index (κ3) is 4.54. The van der Waals surface area contributed by atoms with Crippen LogP contribution in [0.1, 0.15) is 51.1 Å². The van der Waals surface area contributed by atoms with Crippen molar-refractivity contribution in [3.8, 4) is 0 Å². The van der Waals surface area contributed by atoms with Crippen LogP contribution in [0.2, 0.25) is 0 Å². The summed E-state index contributed by atoms with van der Waals surface area (Å²) in [7, 11) is 1.78. The van der Waals surface area contributed by atoms with Crippen LogP contribution < -0.4 is 0 Å². The van der Waals surface area contributed by atoms with Crippen molar-refractivity contribution in [3.63, 3.8) is 0 Å². The summed E-state index contributed by atoms with van der Waals surface area (Å²) in [5, 5.41) is 10.2. The predicted molar refractivity (Wildman–Crippen MR) is 93.1 cm³/mol. The summed E-state index contributed by atoms with van der Waals surface area (Å²) in [5.41, 5.74) is 0.913. The Labute approximate surface area is 144 Å². The first-order chi connectivity index (χ1) is 11.4. The molecule has 3 unspecified atom stereocenters. The third-order valence-corrected chi connectivity index (χ3v) is 5.19. The number of amides is 1. The quantitative estimate of drug-likeness (QED) is 0.868. The van der Waals surface area contributed by atoms with Crippen LogP contribution in [-0.4, -0.2) is 53.1 Å². The van der Waals surface area contributed by atoms with Gasteiger partial charge in [0.25, 0.3) is 0 Å². The predicted octanol–water partition coefficient (Wildman–Crippen LogP) is 2.97. The molecular formula is C19H29FN2O2. The van der Waals surface area contributed by atoms with Crippen LogP contribution in [0.3, 0.4) is 0 Å². The Hall–Kier alpha value is -1.46. The van der Waals surface area contributed by atoms with Gasteiger partial charge in [-0.2, -0.15) is 0 Å². The minimum atomic E-state index is -0.377. The number of likely N-dealkylation sites (tertiary alicyclic amines) is 1. The van der Waals surface area contributed by atoms with Crippen LogP contribution in [0.25, 0.3) is 0 Å². The molecule has 0 aliphatic carbocycles. The Balaban J connectivity index is 2.00. The van der Waals surface area contributed by atoms with Gasteiger partial charge in [0.15, 0.2) is 0 Å². The van der Waals surface area contributed by atoms with E-state index in [2.05, 4.69) is 4.90 Å². The average molecular weight is 336 g/mol. The van der Waals surface area contributed by atoms with Crippen LogP contribution in [0.15, 0.2) is 24.3 Å². The summed E-state index contributed by atoms with van der Waals surface area (Å²) in [4.78, 5) is 16.5. The number of carbonyl (C=O) groups is 1. The Kier molecular flexibility index (Phi) is 6.75. The van der Waals surface area contributed by atoms with E-state index >= 15 is 0 Å². The molecule has 1 aromatic carbocycles. The first-order valence-corrected chi connectivity index (χ1v) is 8.87. The highest BCUT2D eigenvalue weighted by Crippen LogP contribution is 2.23.